The number of H-pyrrole nitrogens is 1. The third kappa shape index (κ3) is 1.95. The fourth-order valence-corrected chi connectivity index (χ4v) is 2.08. The Morgan fingerprint density at radius 1 is 1.26 bits per heavy atom. The Kier molecular flexibility index (Phi) is 2.52. The highest BCUT2D eigenvalue weighted by atomic mass is 16.1. The number of benzene rings is 1. The van der Waals surface area contributed by atoms with E-state index in [1.54, 1.807) is 12.4 Å². The van der Waals surface area contributed by atoms with Crippen molar-refractivity contribution in [1.82, 2.24) is 15.0 Å². The molecule has 0 saturated heterocycles. The second-order valence-electron chi connectivity index (χ2n) is 4.36. The molecule has 5 nitrogen and oxygen atoms in total. The molecule has 0 spiro atoms. The summed E-state index contributed by atoms with van der Waals surface area (Å²) in [5.41, 5.74) is 10.00. The van der Waals surface area contributed by atoms with Crippen LogP contribution in [0, 0.1) is 6.92 Å². The molecular formula is C14H12N4O. The fourth-order valence-electron chi connectivity index (χ4n) is 2.08. The smallest absolute Gasteiger partial charge is 0.248 e. The van der Waals surface area contributed by atoms with Crippen molar-refractivity contribution in [2.45, 2.75) is 6.92 Å². The molecule has 94 valence electrons. The number of nitrogens with one attached hydrogen (secondary N) is 1. The second-order valence-corrected chi connectivity index (χ2v) is 4.36. The number of pyridine rings is 1. The van der Waals surface area contributed by atoms with Gasteiger partial charge in [0.2, 0.25) is 5.91 Å². The van der Waals surface area contributed by atoms with E-state index in [1.807, 2.05) is 31.2 Å². The van der Waals surface area contributed by atoms with E-state index in [-0.39, 0.29) is 0 Å². The van der Waals surface area contributed by atoms with Gasteiger partial charge in [0.05, 0.1) is 17.5 Å². The number of hydrogen-bond acceptors (Lipinski definition) is 3. The molecule has 3 N–H and O–H groups in total. The van der Waals surface area contributed by atoms with Crippen molar-refractivity contribution in [1.29, 1.82) is 0 Å². The van der Waals surface area contributed by atoms with Gasteiger partial charge in [-0.05, 0) is 36.8 Å². The van der Waals surface area contributed by atoms with E-state index in [0.717, 1.165) is 22.3 Å². The number of imidazole rings is 1. The maximum absolute atomic E-state index is 11.2. The molecule has 3 rings (SSSR count). The van der Waals surface area contributed by atoms with Crippen molar-refractivity contribution in [2.24, 2.45) is 5.73 Å². The van der Waals surface area contributed by atoms with Gasteiger partial charge in [-0.1, -0.05) is 6.07 Å². The molecule has 1 amide bonds. The van der Waals surface area contributed by atoms with Crippen molar-refractivity contribution in [3.63, 3.8) is 0 Å². The molecule has 1 aromatic carbocycles. The molecular weight excluding hydrogens is 240 g/mol. The Bertz CT molecular complexity index is 776. The SMILES string of the molecule is Cc1cc(-c2ccc3[nH]cnc3n2)ccc1C(N)=O. The summed E-state index contributed by atoms with van der Waals surface area (Å²) in [4.78, 5) is 22.8. The quantitative estimate of drug-likeness (QED) is 0.731. The zero-order valence-electron chi connectivity index (χ0n) is 10.3. The minimum absolute atomic E-state index is 0.417. The fraction of sp³-hybridized carbons (Fsp3) is 0.0714. The van der Waals surface area contributed by atoms with Crippen molar-refractivity contribution in [2.75, 3.05) is 0 Å². The molecule has 0 fully saturated rings. The van der Waals surface area contributed by atoms with Crippen LogP contribution >= 0.6 is 0 Å². The second kappa shape index (κ2) is 4.20. The van der Waals surface area contributed by atoms with Crippen molar-refractivity contribution < 1.29 is 4.79 Å². The third-order valence-electron chi connectivity index (χ3n) is 3.07. The zero-order chi connectivity index (χ0) is 13.4. The first kappa shape index (κ1) is 11.4. The van der Waals surface area contributed by atoms with Crippen LogP contribution in [0.25, 0.3) is 22.4 Å². The molecule has 2 aromatic heterocycles. The van der Waals surface area contributed by atoms with Crippen LogP contribution in [0.2, 0.25) is 0 Å². The molecule has 5 heteroatoms. The number of nitrogens with zero attached hydrogens (tertiary/aromatic N) is 2. The number of aryl methyl sites for hydroxylation is 1. The predicted octanol–water partition coefficient (Wildman–Crippen LogP) is 2.03. The number of rotatable bonds is 2. The predicted molar refractivity (Wildman–Crippen MR) is 72.6 cm³/mol. The molecule has 0 atom stereocenters. The molecule has 0 bridgehead atoms. The van der Waals surface area contributed by atoms with Crippen LogP contribution in [0.4, 0.5) is 0 Å². The molecule has 3 aromatic rings. The van der Waals surface area contributed by atoms with Crippen LogP contribution < -0.4 is 5.73 Å². The van der Waals surface area contributed by atoms with Crippen LogP contribution in [-0.2, 0) is 0 Å². The lowest BCUT2D eigenvalue weighted by atomic mass is 10.0. The van der Waals surface area contributed by atoms with Gasteiger partial charge in [-0.15, -0.1) is 0 Å². The number of hydrogen-bond donors (Lipinski definition) is 2. The Labute approximate surface area is 109 Å². The largest absolute Gasteiger partial charge is 0.366 e. The Morgan fingerprint density at radius 3 is 2.84 bits per heavy atom. The summed E-state index contributed by atoms with van der Waals surface area (Å²) in [6, 6.07) is 9.32. The van der Waals surface area contributed by atoms with Crippen LogP contribution in [-0.4, -0.2) is 20.9 Å². The highest BCUT2D eigenvalue weighted by molar-refractivity contribution is 5.94. The number of aromatic nitrogens is 3. The van der Waals surface area contributed by atoms with Gasteiger partial charge in [0.1, 0.15) is 0 Å². The number of fused-ring (bicyclic) bond motifs is 1. The van der Waals surface area contributed by atoms with E-state index in [9.17, 15) is 4.79 Å². The molecule has 2 heterocycles. The Morgan fingerprint density at radius 2 is 2.11 bits per heavy atom. The van der Waals surface area contributed by atoms with Crippen molar-refractivity contribution in [3.05, 3.63) is 47.8 Å². The topological polar surface area (TPSA) is 84.7 Å². The summed E-state index contributed by atoms with van der Waals surface area (Å²) in [5.74, 6) is -0.417. The average molecular weight is 252 g/mol. The van der Waals surface area contributed by atoms with Crippen LogP contribution in [0.3, 0.4) is 0 Å². The molecule has 0 unspecified atom stereocenters. The normalized spacial score (nSPS) is 10.8. The summed E-state index contributed by atoms with van der Waals surface area (Å²) >= 11 is 0. The van der Waals surface area contributed by atoms with Crippen molar-refractivity contribution in [3.8, 4) is 11.3 Å². The number of carbonyl (C=O) groups is 1. The monoisotopic (exact) mass is 252 g/mol. The molecule has 0 aliphatic rings. The Balaban J connectivity index is 2.10. The van der Waals surface area contributed by atoms with Gasteiger partial charge >= 0.3 is 0 Å². The van der Waals surface area contributed by atoms with Gasteiger partial charge in [-0.2, -0.15) is 0 Å². The summed E-state index contributed by atoms with van der Waals surface area (Å²) in [5, 5.41) is 0. The van der Waals surface area contributed by atoms with E-state index in [2.05, 4.69) is 15.0 Å². The van der Waals surface area contributed by atoms with Gasteiger partial charge in [0, 0.05) is 11.1 Å². The van der Waals surface area contributed by atoms with Gasteiger partial charge in [-0.3, -0.25) is 4.79 Å². The van der Waals surface area contributed by atoms with E-state index in [1.165, 1.54) is 0 Å². The van der Waals surface area contributed by atoms with Crippen LogP contribution in [0.5, 0.6) is 0 Å². The summed E-state index contributed by atoms with van der Waals surface area (Å²) in [7, 11) is 0. The Hall–Kier alpha value is -2.69. The molecule has 0 saturated carbocycles. The van der Waals surface area contributed by atoms with Gasteiger partial charge in [-0.25, -0.2) is 9.97 Å². The first-order valence-corrected chi connectivity index (χ1v) is 5.86. The van der Waals surface area contributed by atoms with E-state index in [4.69, 9.17) is 5.73 Å². The van der Waals surface area contributed by atoms with Gasteiger partial charge < -0.3 is 10.7 Å². The molecule has 0 radical (unpaired) electrons. The standard InChI is InChI=1S/C14H12N4O/c1-8-6-9(2-3-10(8)13(15)19)11-4-5-12-14(18-11)17-7-16-12/h2-7H,1H3,(H2,15,19)(H,16,17,18). The minimum Gasteiger partial charge on any atom is -0.366 e. The van der Waals surface area contributed by atoms with E-state index in [0.29, 0.717) is 11.2 Å². The maximum Gasteiger partial charge on any atom is 0.248 e. The third-order valence-corrected chi connectivity index (χ3v) is 3.07. The van der Waals surface area contributed by atoms with E-state index >= 15 is 0 Å². The highest BCUT2D eigenvalue weighted by Gasteiger charge is 2.08. The summed E-state index contributed by atoms with van der Waals surface area (Å²) < 4.78 is 0. The number of carbonyl (C=O) groups excluding carboxylic acids is 1. The lowest BCUT2D eigenvalue weighted by molar-refractivity contribution is 0.1000. The van der Waals surface area contributed by atoms with Gasteiger partial charge in [0.15, 0.2) is 5.65 Å². The first-order chi connectivity index (χ1) is 9.15. The molecule has 19 heavy (non-hydrogen) atoms. The van der Waals surface area contributed by atoms with Gasteiger partial charge in [0.25, 0.3) is 0 Å². The first-order valence-electron chi connectivity index (χ1n) is 5.86. The van der Waals surface area contributed by atoms with Crippen LogP contribution in [0.15, 0.2) is 36.7 Å². The average Bonchev–Trinajstić information content (AvgIpc) is 2.85. The minimum atomic E-state index is -0.417. The highest BCUT2D eigenvalue weighted by Crippen LogP contribution is 2.22. The lowest BCUT2D eigenvalue weighted by Crippen LogP contribution is -2.12. The summed E-state index contributed by atoms with van der Waals surface area (Å²) in [6.07, 6.45) is 1.61. The van der Waals surface area contributed by atoms with E-state index < -0.39 is 5.91 Å². The number of nitrogens with two attached hydrogens (primary N) is 1. The van der Waals surface area contributed by atoms with Crippen molar-refractivity contribution >= 4 is 17.1 Å². The number of primary amides is 1. The summed E-state index contributed by atoms with van der Waals surface area (Å²) in [6.45, 7) is 1.86. The maximum atomic E-state index is 11.2. The molecule has 0 aliphatic carbocycles. The molecule has 0 aliphatic heterocycles. The lowest BCUT2D eigenvalue weighted by Gasteiger charge is -2.05. The number of amides is 1. The number of aromatic amines is 1. The van der Waals surface area contributed by atoms with Crippen LogP contribution in [0.1, 0.15) is 15.9 Å². The zero-order valence-corrected chi connectivity index (χ0v) is 10.3.